The molecule has 0 aromatic carbocycles. The lowest BCUT2D eigenvalue weighted by atomic mass is 9.97. The van der Waals surface area contributed by atoms with Crippen LogP contribution in [-0.4, -0.2) is 56.2 Å². The minimum atomic E-state index is -4.01. The average molecular weight is 336 g/mol. The minimum Gasteiger partial charge on any atom is -0.384 e. The summed E-state index contributed by atoms with van der Waals surface area (Å²) in [4.78, 5) is 13.8. The van der Waals surface area contributed by atoms with Crippen molar-refractivity contribution >= 4 is 25.6 Å². The molecular weight excluding hydrogens is 318 g/mol. The minimum absolute atomic E-state index is 0.132. The average Bonchev–Trinajstić information content (AvgIpc) is 2.81. The van der Waals surface area contributed by atoms with Gasteiger partial charge in [-0.05, 0) is 25.7 Å². The van der Waals surface area contributed by atoms with E-state index in [2.05, 4.69) is 10.2 Å². The second-order valence-corrected chi connectivity index (χ2v) is 7.66. The van der Waals surface area contributed by atoms with Crippen LogP contribution < -0.4 is 0 Å². The van der Waals surface area contributed by atoms with Gasteiger partial charge in [-0.15, -0.1) is 0 Å². The molecule has 1 saturated heterocycles. The number of hydrogen-bond acceptors (Lipinski definition) is 5. The molecular formula is C12H18ClN3O4S. The van der Waals surface area contributed by atoms with E-state index in [1.165, 1.54) is 6.92 Å². The Kier molecular flexibility index (Phi) is 4.90. The Morgan fingerprint density at radius 3 is 2.62 bits per heavy atom. The largest absolute Gasteiger partial charge is 0.384 e. The third-order valence-corrected chi connectivity index (χ3v) is 5.09. The molecule has 0 spiro atoms. The predicted octanol–water partition coefficient (Wildman–Crippen LogP) is 1.14. The summed E-state index contributed by atoms with van der Waals surface area (Å²) in [5.74, 6) is 0.0191. The van der Waals surface area contributed by atoms with Gasteiger partial charge < -0.3 is 9.64 Å². The van der Waals surface area contributed by atoms with Gasteiger partial charge in [0.15, 0.2) is 5.69 Å². The summed E-state index contributed by atoms with van der Waals surface area (Å²) in [6.07, 6.45) is 1.65. The number of carbonyl (C=O) groups excluding carboxylic acids is 1. The van der Waals surface area contributed by atoms with Gasteiger partial charge in [0.05, 0.1) is 5.69 Å². The number of H-pyrrole nitrogens is 1. The van der Waals surface area contributed by atoms with Crippen LogP contribution in [0.15, 0.2) is 4.90 Å². The van der Waals surface area contributed by atoms with Crippen LogP contribution in [0, 0.1) is 12.8 Å². The summed E-state index contributed by atoms with van der Waals surface area (Å²) >= 11 is 0. The SMILES string of the molecule is COCC1CCN(C(=O)c2n[nH]c(C)c2S(=O)(=O)Cl)CC1. The first kappa shape index (κ1) is 16.3. The highest BCUT2D eigenvalue weighted by Crippen LogP contribution is 2.25. The van der Waals surface area contributed by atoms with Crippen LogP contribution in [-0.2, 0) is 13.8 Å². The zero-order valence-electron chi connectivity index (χ0n) is 11.9. The summed E-state index contributed by atoms with van der Waals surface area (Å²) in [5.41, 5.74) is 0.135. The molecule has 118 valence electrons. The fourth-order valence-electron chi connectivity index (χ4n) is 2.55. The van der Waals surface area contributed by atoms with E-state index in [-0.39, 0.29) is 16.3 Å². The van der Waals surface area contributed by atoms with Crippen molar-refractivity contribution in [1.29, 1.82) is 0 Å². The summed E-state index contributed by atoms with van der Waals surface area (Å²) in [6.45, 7) is 3.30. The highest BCUT2D eigenvalue weighted by atomic mass is 35.7. The number of carbonyl (C=O) groups is 1. The Morgan fingerprint density at radius 2 is 2.10 bits per heavy atom. The maximum Gasteiger partial charge on any atom is 0.275 e. The van der Waals surface area contributed by atoms with E-state index in [1.54, 1.807) is 12.0 Å². The van der Waals surface area contributed by atoms with Crippen LogP contribution in [0.25, 0.3) is 0 Å². The third-order valence-electron chi connectivity index (χ3n) is 3.64. The Hall–Kier alpha value is -1.12. The van der Waals surface area contributed by atoms with Gasteiger partial charge in [-0.25, -0.2) is 8.42 Å². The van der Waals surface area contributed by atoms with E-state index in [1.807, 2.05) is 0 Å². The van der Waals surface area contributed by atoms with Crippen molar-refractivity contribution in [2.45, 2.75) is 24.7 Å². The van der Waals surface area contributed by atoms with Gasteiger partial charge in [-0.3, -0.25) is 9.89 Å². The predicted molar refractivity (Wildman–Crippen MR) is 76.9 cm³/mol. The first-order valence-corrected chi connectivity index (χ1v) is 8.93. The number of aryl methyl sites for hydroxylation is 1. The lowest BCUT2D eigenvalue weighted by Gasteiger charge is -2.31. The zero-order valence-corrected chi connectivity index (χ0v) is 13.5. The Balaban J connectivity index is 2.16. The number of nitrogens with one attached hydrogen (secondary N) is 1. The van der Waals surface area contributed by atoms with Crippen LogP contribution in [0.3, 0.4) is 0 Å². The van der Waals surface area contributed by atoms with Gasteiger partial charge in [-0.2, -0.15) is 5.10 Å². The fraction of sp³-hybridized carbons (Fsp3) is 0.667. The maximum absolute atomic E-state index is 12.4. The molecule has 0 aliphatic carbocycles. The molecule has 9 heteroatoms. The third kappa shape index (κ3) is 3.56. The second-order valence-electron chi connectivity index (χ2n) is 5.16. The lowest BCUT2D eigenvalue weighted by Crippen LogP contribution is -2.39. The van der Waals surface area contributed by atoms with Crippen LogP contribution in [0.5, 0.6) is 0 Å². The van der Waals surface area contributed by atoms with Crippen molar-refractivity contribution in [1.82, 2.24) is 15.1 Å². The molecule has 1 aromatic rings. The number of amides is 1. The highest BCUT2D eigenvalue weighted by molar-refractivity contribution is 8.13. The Labute approximate surface area is 128 Å². The standard InChI is InChI=1S/C12H18ClN3O4S/c1-8-11(21(13,18)19)10(15-14-8)12(17)16-5-3-9(4-6-16)7-20-2/h9H,3-7H2,1-2H3,(H,14,15). The number of nitrogens with zero attached hydrogens (tertiary/aromatic N) is 2. The molecule has 1 amide bonds. The molecule has 1 N–H and O–H groups in total. The number of rotatable bonds is 4. The quantitative estimate of drug-likeness (QED) is 0.833. The van der Waals surface area contributed by atoms with E-state index in [0.717, 1.165) is 12.8 Å². The Morgan fingerprint density at radius 1 is 1.48 bits per heavy atom. The van der Waals surface area contributed by atoms with Crippen LogP contribution in [0.2, 0.25) is 0 Å². The number of hydrogen-bond donors (Lipinski definition) is 1. The van der Waals surface area contributed by atoms with Gasteiger partial charge >= 0.3 is 0 Å². The van der Waals surface area contributed by atoms with Gasteiger partial charge in [0.25, 0.3) is 15.0 Å². The second kappa shape index (κ2) is 6.33. The molecule has 0 bridgehead atoms. The van der Waals surface area contributed by atoms with Gasteiger partial charge in [0.1, 0.15) is 4.90 Å². The number of piperidine rings is 1. The van der Waals surface area contributed by atoms with Crippen molar-refractivity contribution in [3.05, 3.63) is 11.4 Å². The zero-order chi connectivity index (χ0) is 15.6. The highest BCUT2D eigenvalue weighted by Gasteiger charge is 2.31. The number of methoxy groups -OCH3 is 1. The van der Waals surface area contributed by atoms with E-state index in [4.69, 9.17) is 15.4 Å². The number of likely N-dealkylation sites (tertiary alicyclic amines) is 1. The van der Waals surface area contributed by atoms with Gasteiger partial charge in [-0.1, -0.05) is 0 Å². The molecule has 0 atom stereocenters. The monoisotopic (exact) mass is 335 g/mol. The molecule has 21 heavy (non-hydrogen) atoms. The number of aromatic amines is 1. The molecule has 1 aliphatic heterocycles. The maximum atomic E-state index is 12.4. The van der Waals surface area contributed by atoms with E-state index >= 15 is 0 Å². The van der Waals surface area contributed by atoms with Crippen molar-refractivity contribution in [2.75, 3.05) is 26.8 Å². The van der Waals surface area contributed by atoms with Gasteiger partial charge in [0.2, 0.25) is 0 Å². The Bertz CT molecular complexity index is 620. The van der Waals surface area contributed by atoms with Crippen molar-refractivity contribution < 1.29 is 17.9 Å². The molecule has 2 rings (SSSR count). The van der Waals surface area contributed by atoms with Crippen LogP contribution in [0.1, 0.15) is 29.0 Å². The first-order chi connectivity index (χ1) is 9.84. The smallest absolute Gasteiger partial charge is 0.275 e. The van der Waals surface area contributed by atoms with E-state index in [9.17, 15) is 13.2 Å². The molecule has 2 heterocycles. The number of halogens is 1. The number of aromatic nitrogens is 2. The van der Waals surface area contributed by atoms with E-state index in [0.29, 0.717) is 25.6 Å². The fourth-order valence-corrected chi connectivity index (χ4v) is 3.89. The number of ether oxygens (including phenoxy) is 1. The topological polar surface area (TPSA) is 92.4 Å². The van der Waals surface area contributed by atoms with Crippen LogP contribution in [0.4, 0.5) is 0 Å². The summed E-state index contributed by atoms with van der Waals surface area (Å²) in [6, 6.07) is 0. The van der Waals surface area contributed by atoms with Crippen molar-refractivity contribution in [2.24, 2.45) is 5.92 Å². The molecule has 1 aromatic heterocycles. The van der Waals surface area contributed by atoms with Crippen LogP contribution >= 0.6 is 10.7 Å². The van der Waals surface area contributed by atoms with Crippen molar-refractivity contribution in [3.8, 4) is 0 Å². The normalized spacial score (nSPS) is 17.2. The molecule has 1 aliphatic rings. The molecule has 1 fully saturated rings. The van der Waals surface area contributed by atoms with E-state index < -0.39 is 15.0 Å². The summed E-state index contributed by atoms with van der Waals surface area (Å²) < 4.78 is 28.3. The van der Waals surface area contributed by atoms with Gasteiger partial charge in [0, 0.05) is 37.5 Å². The first-order valence-electron chi connectivity index (χ1n) is 6.62. The molecule has 0 unspecified atom stereocenters. The lowest BCUT2D eigenvalue weighted by molar-refractivity contribution is 0.0605. The summed E-state index contributed by atoms with van der Waals surface area (Å²) in [7, 11) is 3.02. The van der Waals surface area contributed by atoms with Crippen molar-refractivity contribution in [3.63, 3.8) is 0 Å². The summed E-state index contributed by atoms with van der Waals surface area (Å²) in [5, 5.41) is 6.32. The molecule has 7 nitrogen and oxygen atoms in total. The molecule has 0 saturated carbocycles. The molecule has 0 radical (unpaired) electrons.